The summed E-state index contributed by atoms with van der Waals surface area (Å²) in [6.45, 7) is 4.47. The molecule has 0 radical (unpaired) electrons. The molecule has 2 aromatic rings. The van der Waals surface area contributed by atoms with Crippen LogP contribution in [0.5, 0.6) is 0 Å². The predicted octanol–water partition coefficient (Wildman–Crippen LogP) is 2.03. The number of nitrogens with zero attached hydrogens (tertiary/aromatic N) is 3. The van der Waals surface area contributed by atoms with Gasteiger partial charge in [0, 0.05) is 25.1 Å². The molecule has 2 N–H and O–H groups in total. The molecule has 0 aliphatic heterocycles. The Morgan fingerprint density at radius 3 is 2.75 bits per heavy atom. The lowest BCUT2D eigenvalue weighted by atomic mass is 10.2. The third kappa shape index (κ3) is 4.87. The number of aromatic nitrogens is 3. The van der Waals surface area contributed by atoms with Crippen molar-refractivity contribution >= 4 is 17.5 Å². The van der Waals surface area contributed by atoms with E-state index in [4.69, 9.17) is 0 Å². The number of hydrogen-bond acceptors (Lipinski definition) is 4. The van der Waals surface area contributed by atoms with Crippen molar-refractivity contribution in [2.24, 2.45) is 0 Å². The van der Waals surface area contributed by atoms with E-state index < -0.39 is 5.82 Å². The second-order valence-corrected chi connectivity index (χ2v) is 5.32. The van der Waals surface area contributed by atoms with Gasteiger partial charge in [0.15, 0.2) is 5.82 Å². The van der Waals surface area contributed by atoms with Gasteiger partial charge in [-0.3, -0.25) is 9.59 Å². The molecule has 0 aliphatic rings. The molecule has 1 atom stereocenters. The smallest absolute Gasteiger partial charge is 0.224 e. The lowest BCUT2D eigenvalue weighted by Crippen LogP contribution is -2.29. The summed E-state index contributed by atoms with van der Waals surface area (Å²) in [5.41, 5.74) is 0.366. The zero-order valence-corrected chi connectivity index (χ0v) is 13.6. The molecule has 2 rings (SSSR count). The fourth-order valence-corrected chi connectivity index (χ4v) is 2.24. The minimum absolute atomic E-state index is 0.00946. The van der Waals surface area contributed by atoms with Crippen LogP contribution in [0.15, 0.2) is 30.6 Å². The predicted molar refractivity (Wildman–Crippen MR) is 86.5 cm³/mol. The summed E-state index contributed by atoms with van der Waals surface area (Å²) in [4.78, 5) is 23.8. The van der Waals surface area contributed by atoms with Crippen molar-refractivity contribution in [3.8, 4) is 0 Å². The molecule has 0 spiro atoms. The van der Waals surface area contributed by atoms with Gasteiger partial charge < -0.3 is 15.2 Å². The van der Waals surface area contributed by atoms with Crippen molar-refractivity contribution in [2.75, 3.05) is 5.32 Å². The average molecular weight is 333 g/mol. The van der Waals surface area contributed by atoms with Crippen molar-refractivity contribution in [3.63, 3.8) is 0 Å². The van der Waals surface area contributed by atoms with Gasteiger partial charge in [0.05, 0.1) is 6.04 Å². The van der Waals surface area contributed by atoms with Crippen LogP contribution in [0.1, 0.15) is 38.6 Å². The maximum Gasteiger partial charge on any atom is 0.224 e. The van der Waals surface area contributed by atoms with Crippen LogP contribution < -0.4 is 10.6 Å². The quantitative estimate of drug-likeness (QED) is 0.811. The van der Waals surface area contributed by atoms with E-state index in [2.05, 4.69) is 20.8 Å². The van der Waals surface area contributed by atoms with E-state index in [0.29, 0.717) is 18.1 Å². The van der Waals surface area contributed by atoms with Crippen molar-refractivity contribution in [3.05, 3.63) is 42.2 Å². The number of aryl methyl sites for hydroxylation is 1. The molecule has 0 fully saturated rings. The zero-order chi connectivity index (χ0) is 17.5. The first kappa shape index (κ1) is 17.6. The Kier molecular flexibility index (Phi) is 6.00. The normalized spacial score (nSPS) is 11.8. The molecule has 2 amide bonds. The van der Waals surface area contributed by atoms with Crippen LogP contribution in [0.3, 0.4) is 0 Å². The highest BCUT2D eigenvalue weighted by Gasteiger charge is 2.15. The lowest BCUT2D eigenvalue weighted by Gasteiger charge is -2.14. The van der Waals surface area contributed by atoms with Crippen molar-refractivity contribution in [1.29, 1.82) is 0 Å². The molecule has 7 nitrogen and oxygen atoms in total. The van der Waals surface area contributed by atoms with Crippen LogP contribution >= 0.6 is 0 Å². The third-order valence-corrected chi connectivity index (χ3v) is 3.44. The highest BCUT2D eigenvalue weighted by molar-refractivity contribution is 5.93. The van der Waals surface area contributed by atoms with Gasteiger partial charge in [0.25, 0.3) is 0 Å². The van der Waals surface area contributed by atoms with Gasteiger partial charge in [-0.15, -0.1) is 10.2 Å². The topological polar surface area (TPSA) is 88.9 Å². The van der Waals surface area contributed by atoms with Crippen LogP contribution in [0.4, 0.5) is 10.1 Å². The Labute approximate surface area is 139 Å². The van der Waals surface area contributed by atoms with Gasteiger partial charge in [0.1, 0.15) is 12.1 Å². The molecule has 128 valence electrons. The van der Waals surface area contributed by atoms with Crippen molar-refractivity contribution in [1.82, 2.24) is 20.1 Å². The standard InChI is InChI=1S/C16H20FN5O2/c1-3-22-10-18-21-16(22)11(2)19-14(23)7-8-15(24)20-13-6-4-5-12(17)9-13/h4-6,9-11H,3,7-8H2,1-2H3,(H,19,23)(H,20,24)/t11-/m1/s1. The molecule has 24 heavy (non-hydrogen) atoms. The molecule has 0 unspecified atom stereocenters. The molecule has 1 aromatic heterocycles. The molecule has 1 aromatic carbocycles. The van der Waals surface area contributed by atoms with Gasteiger partial charge in [-0.25, -0.2) is 4.39 Å². The number of carbonyl (C=O) groups excluding carboxylic acids is 2. The van der Waals surface area contributed by atoms with Crippen LogP contribution in [0, 0.1) is 5.82 Å². The van der Waals surface area contributed by atoms with Gasteiger partial charge in [-0.1, -0.05) is 6.07 Å². The van der Waals surface area contributed by atoms with Gasteiger partial charge in [-0.05, 0) is 32.0 Å². The SMILES string of the molecule is CCn1cnnc1[C@@H](C)NC(=O)CCC(=O)Nc1cccc(F)c1. The molecule has 0 aliphatic carbocycles. The van der Waals surface area contributed by atoms with Gasteiger partial charge in [0.2, 0.25) is 11.8 Å². The zero-order valence-electron chi connectivity index (χ0n) is 13.6. The first-order valence-electron chi connectivity index (χ1n) is 7.72. The number of amides is 2. The van der Waals surface area contributed by atoms with E-state index in [-0.39, 0.29) is 30.7 Å². The number of benzene rings is 1. The number of carbonyl (C=O) groups is 2. The summed E-state index contributed by atoms with van der Waals surface area (Å²) in [6.07, 6.45) is 1.64. The molecule has 8 heteroatoms. The number of nitrogens with one attached hydrogen (secondary N) is 2. The van der Waals surface area contributed by atoms with Crippen LogP contribution in [-0.4, -0.2) is 26.6 Å². The summed E-state index contributed by atoms with van der Waals surface area (Å²) in [5.74, 6) is -0.378. The summed E-state index contributed by atoms with van der Waals surface area (Å²) in [6, 6.07) is 5.30. The largest absolute Gasteiger partial charge is 0.346 e. The van der Waals surface area contributed by atoms with Gasteiger partial charge >= 0.3 is 0 Å². The summed E-state index contributed by atoms with van der Waals surface area (Å²) < 4.78 is 14.9. The maximum absolute atomic E-state index is 13.0. The molecular formula is C16H20FN5O2. The van der Waals surface area contributed by atoms with E-state index in [1.165, 1.54) is 18.2 Å². The summed E-state index contributed by atoms with van der Waals surface area (Å²) >= 11 is 0. The van der Waals surface area contributed by atoms with Crippen LogP contribution in [0.25, 0.3) is 0 Å². The molecule has 0 saturated heterocycles. The first-order valence-corrected chi connectivity index (χ1v) is 7.72. The minimum atomic E-state index is -0.431. The Morgan fingerprint density at radius 1 is 1.29 bits per heavy atom. The molecule has 1 heterocycles. The van der Waals surface area contributed by atoms with Gasteiger partial charge in [-0.2, -0.15) is 0 Å². The first-order chi connectivity index (χ1) is 11.5. The monoisotopic (exact) mass is 333 g/mol. The molecule has 0 bridgehead atoms. The minimum Gasteiger partial charge on any atom is -0.346 e. The number of halogens is 1. The van der Waals surface area contributed by atoms with E-state index in [1.807, 2.05) is 11.5 Å². The third-order valence-electron chi connectivity index (χ3n) is 3.44. The Morgan fingerprint density at radius 2 is 2.04 bits per heavy atom. The Balaban J connectivity index is 1.79. The summed E-state index contributed by atoms with van der Waals surface area (Å²) in [7, 11) is 0. The van der Waals surface area contributed by atoms with Crippen LogP contribution in [-0.2, 0) is 16.1 Å². The highest BCUT2D eigenvalue weighted by Crippen LogP contribution is 2.11. The second-order valence-electron chi connectivity index (χ2n) is 5.32. The highest BCUT2D eigenvalue weighted by atomic mass is 19.1. The number of hydrogen-bond donors (Lipinski definition) is 2. The van der Waals surface area contributed by atoms with E-state index in [9.17, 15) is 14.0 Å². The van der Waals surface area contributed by atoms with Crippen molar-refractivity contribution in [2.45, 2.75) is 39.3 Å². The maximum atomic E-state index is 13.0. The molecule has 0 saturated carbocycles. The van der Waals surface area contributed by atoms with E-state index in [1.54, 1.807) is 19.3 Å². The Bertz CT molecular complexity index is 716. The van der Waals surface area contributed by atoms with Crippen molar-refractivity contribution < 1.29 is 14.0 Å². The van der Waals surface area contributed by atoms with E-state index >= 15 is 0 Å². The Hall–Kier alpha value is -2.77. The number of anilines is 1. The van der Waals surface area contributed by atoms with E-state index in [0.717, 1.165) is 0 Å². The fourth-order valence-electron chi connectivity index (χ4n) is 2.24. The summed E-state index contributed by atoms with van der Waals surface area (Å²) in [5, 5.41) is 13.1. The number of rotatable bonds is 7. The average Bonchev–Trinajstić information content (AvgIpc) is 3.01. The molecular weight excluding hydrogens is 313 g/mol. The second kappa shape index (κ2) is 8.19. The fraction of sp³-hybridized carbons (Fsp3) is 0.375. The lowest BCUT2D eigenvalue weighted by molar-refractivity contribution is -0.124. The van der Waals surface area contributed by atoms with Crippen LogP contribution in [0.2, 0.25) is 0 Å².